The molecule has 1 aromatic carbocycles. The quantitative estimate of drug-likeness (QED) is 0.729. The SMILES string of the molecule is CCCN(CC(=O)N(Cc1cccn1C)C1CC1)C(=O)Nc1ccc(F)c(F)c1. The molecule has 1 aromatic heterocycles. The molecule has 0 saturated heterocycles. The van der Waals surface area contributed by atoms with Crippen molar-refractivity contribution in [2.24, 2.45) is 7.05 Å². The Balaban J connectivity index is 1.67. The van der Waals surface area contributed by atoms with Crippen LogP contribution in [0.2, 0.25) is 0 Å². The number of aryl methyl sites for hydroxylation is 1. The second-order valence-corrected chi connectivity index (χ2v) is 7.34. The molecular weight excluding hydrogens is 378 g/mol. The summed E-state index contributed by atoms with van der Waals surface area (Å²) in [6, 6.07) is 6.76. The third-order valence-corrected chi connectivity index (χ3v) is 4.97. The number of carbonyl (C=O) groups is 2. The van der Waals surface area contributed by atoms with Crippen LogP contribution in [0.3, 0.4) is 0 Å². The molecule has 6 nitrogen and oxygen atoms in total. The van der Waals surface area contributed by atoms with E-state index in [0.717, 1.165) is 30.7 Å². The molecule has 29 heavy (non-hydrogen) atoms. The molecule has 0 unspecified atom stereocenters. The second kappa shape index (κ2) is 9.07. The van der Waals surface area contributed by atoms with Gasteiger partial charge in [0.05, 0.1) is 6.54 Å². The lowest BCUT2D eigenvalue weighted by molar-refractivity contribution is -0.133. The average molecular weight is 404 g/mol. The Morgan fingerprint density at radius 3 is 2.55 bits per heavy atom. The lowest BCUT2D eigenvalue weighted by atomic mass is 10.3. The number of carbonyl (C=O) groups excluding carboxylic acids is 2. The molecule has 3 amide bonds. The van der Waals surface area contributed by atoms with Crippen LogP contribution in [0.15, 0.2) is 36.5 Å². The zero-order chi connectivity index (χ0) is 21.0. The number of aromatic nitrogens is 1. The summed E-state index contributed by atoms with van der Waals surface area (Å²) in [5.41, 5.74) is 1.17. The van der Waals surface area contributed by atoms with Crippen LogP contribution in [0.1, 0.15) is 31.9 Å². The van der Waals surface area contributed by atoms with Crippen molar-refractivity contribution in [1.29, 1.82) is 0 Å². The first-order valence-corrected chi connectivity index (χ1v) is 9.79. The largest absolute Gasteiger partial charge is 0.353 e. The first-order chi connectivity index (χ1) is 13.9. The maximum Gasteiger partial charge on any atom is 0.322 e. The van der Waals surface area contributed by atoms with Gasteiger partial charge in [0, 0.05) is 43.3 Å². The van der Waals surface area contributed by atoms with Crippen LogP contribution in [-0.2, 0) is 18.4 Å². The Labute approximate surface area is 169 Å². The van der Waals surface area contributed by atoms with Crippen LogP contribution >= 0.6 is 0 Å². The standard InChI is InChI=1S/C21H26F2N4O2/c1-3-10-26(21(29)24-15-6-9-18(22)19(23)12-15)14-20(28)27(16-7-8-16)13-17-5-4-11-25(17)2/h4-6,9,11-12,16H,3,7-8,10,13-14H2,1-2H3,(H,24,29). The maximum absolute atomic E-state index is 13.4. The molecule has 0 atom stereocenters. The van der Waals surface area contributed by atoms with Crippen molar-refractivity contribution in [1.82, 2.24) is 14.4 Å². The summed E-state index contributed by atoms with van der Waals surface area (Å²) in [5.74, 6) is -2.14. The third-order valence-electron chi connectivity index (χ3n) is 4.97. The topological polar surface area (TPSA) is 57.6 Å². The Hall–Kier alpha value is -2.90. The highest BCUT2D eigenvalue weighted by Gasteiger charge is 2.34. The normalized spacial score (nSPS) is 13.2. The van der Waals surface area contributed by atoms with E-state index in [2.05, 4.69) is 5.32 Å². The van der Waals surface area contributed by atoms with Crippen LogP contribution in [0.4, 0.5) is 19.3 Å². The van der Waals surface area contributed by atoms with Crippen molar-refractivity contribution in [2.75, 3.05) is 18.4 Å². The summed E-state index contributed by atoms with van der Waals surface area (Å²) in [6.45, 7) is 2.72. The number of rotatable bonds is 8. The summed E-state index contributed by atoms with van der Waals surface area (Å²) in [5, 5.41) is 2.54. The van der Waals surface area contributed by atoms with E-state index in [9.17, 15) is 18.4 Å². The predicted octanol–water partition coefficient (Wildman–Crippen LogP) is 3.74. The molecule has 1 heterocycles. The molecule has 0 radical (unpaired) electrons. The van der Waals surface area contributed by atoms with Crippen molar-refractivity contribution in [2.45, 2.75) is 38.8 Å². The first-order valence-electron chi connectivity index (χ1n) is 9.79. The Morgan fingerprint density at radius 2 is 1.97 bits per heavy atom. The van der Waals surface area contributed by atoms with Crippen LogP contribution < -0.4 is 5.32 Å². The highest BCUT2D eigenvalue weighted by molar-refractivity contribution is 5.92. The van der Waals surface area contributed by atoms with Gasteiger partial charge < -0.3 is 19.7 Å². The predicted molar refractivity (Wildman–Crippen MR) is 106 cm³/mol. The van der Waals surface area contributed by atoms with Crippen molar-refractivity contribution in [3.05, 3.63) is 53.9 Å². The minimum Gasteiger partial charge on any atom is -0.353 e. The van der Waals surface area contributed by atoms with Gasteiger partial charge >= 0.3 is 6.03 Å². The van der Waals surface area contributed by atoms with E-state index in [1.807, 2.05) is 41.8 Å². The van der Waals surface area contributed by atoms with Gasteiger partial charge in [0.2, 0.25) is 5.91 Å². The zero-order valence-electron chi connectivity index (χ0n) is 16.7. The molecule has 3 rings (SSSR count). The molecule has 1 aliphatic rings. The van der Waals surface area contributed by atoms with E-state index < -0.39 is 17.7 Å². The molecule has 1 fully saturated rings. The first kappa shape index (κ1) is 20.8. The number of hydrogen-bond acceptors (Lipinski definition) is 2. The van der Waals surface area contributed by atoms with E-state index in [1.54, 1.807) is 0 Å². The van der Waals surface area contributed by atoms with E-state index >= 15 is 0 Å². The van der Waals surface area contributed by atoms with E-state index in [4.69, 9.17) is 0 Å². The van der Waals surface area contributed by atoms with Gasteiger partial charge in [0.15, 0.2) is 11.6 Å². The number of halogens is 2. The molecule has 1 aliphatic carbocycles. The second-order valence-electron chi connectivity index (χ2n) is 7.34. The molecule has 2 aromatic rings. The number of anilines is 1. The fourth-order valence-electron chi connectivity index (χ4n) is 3.20. The van der Waals surface area contributed by atoms with Gasteiger partial charge in [-0.1, -0.05) is 6.92 Å². The fraction of sp³-hybridized carbons (Fsp3) is 0.429. The number of urea groups is 1. The number of benzene rings is 1. The fourth-order valence-corrected chi connectivity index (χ4v) is 3.20. The lowest BCUT2D eigenvalue weighted by Gasteiger charge is -2.28. The number of nitrogens with one attached hydrogen (secondary N) is 1. The zero-order valence-corrected chi connectivity index (χ0v) is 16.7. The molecule has 156 valence electrons. The molecule has 0 bridgehead atoms. The average Bonchev–Trinajstić information content (AvgIpc) is 3.44. The summed E-state index contributed by atoms with van der Waals surface area (Å²) in [4.78, 5) is 28.9. The molecule has 0 spiro atoms. The van der Waals surface area contributed by atoms with Crippen LogP contribution in [-0.4, -0.2) is 45.4 Å². The molecule has 8 heteroatoms. The highest BCUT2D eigenvalue weighted by Crippen LogP contribution is 2.28. The Kier molecular flexibility index (Phi) is 6.51. The van der Waals surface area contributed by atoms with Crippen molar-refractivity contribution in [3.63, 3.8) is 0 Å². The minimum absolute atomic E-state index is 0.0652. The minimum atomic E-state index is -1.04. The van der Waals surface area contributed by atoms with Gasteiger partial charge in [-0.25, -0.2) is 13.6 Å². The van der Waals surface area contributed by atoms with Crippen LogP contribution in [0, 0.1) is 11.6 Å². The molecule has 1 N–H and O–H groups in total. The van der Waals surface area contributed by atoms with Gasteiger partial charge in [0.25, 0.3) is 0 Å². The van der Waals surface area contributed by atoms with E-state index in [-0.39, 0.29) is 24.2 Å². The van der Waals surface area contributed by atoms with E-state index in [0.29, 0.717) is 19.5 Å². The summed E-state index contributed by atoms with van der Waals surface area (Å²) >= 11 is 0. The van der Waals surface area contributed by atoms with Crippen molar-refractivity contribution < 1.29 is 18.4 Å². The molecular formula is C21H26F2N4O2. The Morgan fingerprint density at radius 1 is 1.21 bits per heavy atom. The number of amides is 3. The number of nitrogens with zero attached hydrogens (tertiary/aromatic N) is 3. The smallest absolute Gasteiger partial charge is 0.322 e. The summed E-state index contributed by atoms with van der Waals surface area (Å²) < 4.78 is 28.5. The van der Waals surface area contributed by atoms with Gasteiger partial charge in [-0.05, 0) is 43.5 Å². The van der Waals surface area contributed by atoms with Gasteiger partial charge in [-0.15, -0.1) is 0 Å². The van der Waals surface area contributed by atoms with E-state index in [1.165, 1.54) is 11.0 Å². The van der Waals surface area contributed by atoms with Crippen molar-refractivity contribution in [3.8, 4) is 0 Å². The van der Waals surface area contributed by atoms with Crippen molar-refractivity contribution >= 4 is 17.6 Å². The van der Waals surface area contributed by atoms with Gasteiger partial charge in [-0.2, -0.15) is 0 Å². The van der Waals surface area contributed by atoms with Crippen LogP contribution in [0.5, 0.6) is 0 Å². The molecule has 1 saturated carbocycles. The number of hydrogen-bond donors (Lipinski definition) is 1. The van der Waals surface area contributed by atoms with Crippen LogP contribution in [0.25, 0.3) is 0 Å². The Bertz CT molecular complexity index is 879. The lowest BCUT2D eigenvalue weighted by Crippen LogP contribution is -2.45. The van der Waals surface area contributed by atoms with Gasteiger partial charge in [-0.3, -0.25) is 4.79 Å². The third kappa shape index (κ3) is 5.34. The van der Waals surface area contributed by atoms with Gasteiger partial charge in [0.1, 0.15) is 6.54 Å². The summed E-state index contributed by atoms with van der Waals surface area (Å²) in [7, 11) is 1.93. The monoisotopic (exact) mass is 404 g/mol. The molecule has 0 aliphatic heterocycles. The highest BCUT2D eigenvalue weighted by atomic mass is 19.2. The summed E-state index contributed by atoms with van der Waals surface area (Å²) in [6.07, 6.45) is 4.53. The maximum atomic E-state index is 13.4.